The van der Waals surface area contributed by atoms with Crippen LogP contribution < -0.4 is 19.9 Å². The summed E-state index contributed by atoms with van der Waals surface area (Å²) < 4.78 is 44.9. The maximum atomic E-state index is 15.7. The summed E-state index contributed by atoms with van der Waals surface area (Å²) in [6.07, 6.45) is 1.51. The molecule has 2 aliphatic heterocycles. The SMILES string of the molecule is COc1cc(F)c(F)c2c1C(N1CN(Cc3cc(Br)ccc3CO)C(=O)c3c(OCc4ccccc4)c(=O)ccn31)c1ccccc1SC2. The van der Waals surface area contributed by atoms with Crippen molar-refractivity contribution in [3.05, 3.63) is 157 Å². The van der Waals surface area contributed by atoms with Crippen molar-refractivity contribution in [2.75, 3.05) is 18.8 Å². The van der Waals surface area contributed by atoms with Crippen LogP contribution in [0.5, 0.6) is 11.5 Å². The summed E-state index contributed by atoms with van der Waals surface area (Å²) in [4.78, 5) is 30.4. The zero-order valence-corrected chi connectivity index (χ0v) is 28.6. The summed E-state index contributed by atoms with van der Waals surface area (Å²) in [6, 6.07) is 23.8. The molecule has 12 heteroatoms. The lowest BCUT2D eigenvalue weighted by atomic mass is 9.92. The molecule has 49 heavy (non-hydrogen) atoms. The Hall–Kier alpha value is -4.65. The van der Waals surface area contributed by atoms with E-state index in [2.05, 4.69) is 15.9 Å². The van der Waals surface area contributed by atoms with Gasteiger partial charge in [0.1, 0.15) is 25.1 Å². The fraction of sp³-hybridized carbons (Fsp3) is 0.189. The maximum absolute atomic E-state index is 15.7. The topological polar surface area (TPSA) is 84.2 Å². The first-order chi connectivity index (χ1) is 23.8. The second-order valence-electron chi connectivity index (χ2n) is 11.6. The second kappa shape index (κ2) is 13.7. The van der Waals surface area contributed by atoms with E-state index in [0.717, 1.165) is 26.6 Å². The Bertz CT molecular complexity index is 2130. The molecule has 0 saturated carbocycles. The zero-order valence-electron chi connectivity index (χ0n) is 26.2. The van der Waals surface area contributed by atoms with Crippen LogP contribution >= 0.6 is 27.7 Å². The van der Waals surface area contributed by atoms with Gasteiger partial charge in [0, 0.05) is 51.1 Å². The van der Waals surface area contributed by atoms with Gasteiger partial charge in [0.05, 0.1) is 13.7 Å². The molecule has 7 rings (SSSR count). The van der Waals surface area contributed by atoms with Crippen molar-refractivity contribution in [1.29, 1.82) is 0 Å². The molecule has 3 heterocycles. The Kier molecular flexibility index (Phi) is 9.19. The molecule has 8 nitrogen and oxygen atoms in total. The van der Waals surface area contributed by atoms with Gasteiger partial charge in [-0.15, -0.1) is 11.8 Å². The monoisotopic (exact) mass is 745 g/mol. The van der Waals surface area contributed by atoms with E-state index in [-0.39, 0.29) is 54.9 Å². The van der Waals surface area contributed by atoms with Crippen LogP contribution in [0.4, 0.5) is 8.78 Å². The fourth-order valence-electron chi connectivity index (χ4n) is 6.40. The average molecular weight is 747 g/mol. The number of nitrogens with zero attached hydrogens (tertiary/aromatic N) is 3. The molecule has 4 aromatic carbocycles. The van der Waals surface area contributed by atoms with Crippen molar-refractivity contribution in [3.8, 4) is 11.5 Å². The number of rotatable bonds is 8. The van der Waals surface area contributed by atoms with Crippen molar-refractivity contribution >= 4 is 33.6 Å². The molecule has 0 fully saturated rings. The van der Waals surface area contributed by atoms with Crippen LogP contribution in [0, 0.1) is 11.6 Å². The number of hydrogen-bond acceptors (Lipinski definition) is 7. The summed E-state index contributed by atoms with van der Waals surface area (Å²) in [5.74, 6) is -2.33. The summed E-state index contributed by atoms with van der Waals surface area (Å²) in [5.41, 5.74) is 2.93. The van der Waals surface area contributed by atoms with E-state index in [1.54, 1.807) is 21.7 Å². The molecule has 250 valence electrons. The predicted octanol–water partition coefficient (Wildman–Crippen LogP) is 6.92. The van der Waals surface area contributed by atoms with Gasteiger partial charge in [0.25, 0.3) is 5.91 Å². The number of aromatic nitrogens is 1. The molecule has 2 aliphatic rings. The maximum Gasteiger partial charge on any atom is 0.278 e. The number of hydrogen-bond donors (Lipinski definition) is 1. The van der Waals surface area contributed by atoms with Crippen molar-refractivity contribution in [2.24, 2.45) is 0 Å². The van der Waals surface area contributed by atoms with Gasteiger partial charge in [-0.3, -0.25) is 19.3 Å². The number of carbonyl (C=O) groups is 1. The van der Waals surface area contributed by atoms with Gasteiger partial charge < -0.3 is 19.5 Å². The molecular weight excluding hydrogens is 716 g/mol. The highest BCUT2D eigenvalue weighted by Crippen LogP contribution is 2.47. The number of aliphatic hydroxyl groups is 1. The molecule has 1 unspecified atom stereocenters. The standard InChI is InChI=1S/C37H30BrF2N3O5S/c1-47-30-16-28(39)33(40)27-20-49-31-10-6-5-9-26(31)34(32(27)30)43-21-41(17-24-15-25(38)12-11-23(24)18-44)37(46)35-36(29(45)13-14-42(35)43)48-19-22-7-3-2-4-8-22/h2-16,34,44H,17-21H2,1H3. The van der Waals surface area contributed by atoms with Crippen LogP contribution in [0.1, 0.15) is 49.9 Å². The van der Waals surface area contributed by atoms with E-state index in [0.29, 0.717) is 16.7 Å². The third-order valence-electron chi connectivity index (χ3n) is 8.74. The Morgan fingerprint density at radius 2 is 1.76 bits per heavy atom. The third-order valence-corrected chi connectivity index (χ3v) is 10.4. The lowest BCUT2D eigenvalue weighted by molar-refractivity contribution is 0.0660. The largest absolute Gasteiger partial charge is 0.496 e. The van der Waals surface area contributed by atoms with Crippen LogP contribution in [-0.4, -0.2) is 34.4 Å². The van der Waals surface area contributed by atoms with E-state index in [9.17, 15) is 19.1 Å². The van der Waals surface area contributed by atoms with E-state index in [4.69, 9.17) is 9.47 Å². The lowest BCUT2D eigenvalue weighted by Gasteiger charge is -2.44. The first kappa shape index (κ1) is 32.9. The van der Waals surface area contributed by atoms with E-state index in [1.807, 2.05) is 65.7 Å². The second-order valence-corrected chi connectivity index (χ2v) is 13.6. The van der Waals surface area contributed by atoms with E-state index < -0.39 is 29.0 Å². The van der Waals surface area contributed by atoms with Crippen LogP contribution in [0.25, 0.3) is 0 Å². The van der Waals surface area contributed by atoms with Crippen molar-refractivity contribution in [3.63, 3.8) is 0 Å². The molecule has 0 saturated heterocycles. The highest BCUT2D eigenvalue weighted by Gasteiger charge is 2.41. The molecule has 0 bridgehead atoms. The van der Waals surface area contributed by atoms with Crippen LogP contribution in [0.3, 0.4) is 0 Å². The number of benzene rings is 4. The van der Waals surface area contributed by atoms with Crippen LogP contribution in [-0.2, 0) is 25.5 Å². The summed E-state index contributed by atoms with van der Waals surface area (Å²) in [5, 5.41) is 12.0. The molecule has 1 N–H and O–H groups in total. The van der Waals surface area contributed by atoms with Crippen molar-refractivity contribution < 1.29 is 28.2 Å². The van der Waals surface area contributed by atoms with Gasteiger partial charge in [-0.25, -0.2) is 8.78 Å². The number of fused-ring (bicyclic) bond motifs is 3. The highest BCUT2D eigenvalue weighted by molar-refractivity contribution is 9.10. The first-order valence-corrected chi connectivity index (χ1v) is 17.2. The number of aliphatic hydroxyl groups excluding tert-OH is 1. The lowest BCUT2D eigenvalue weighted by Crippen LogP contribution is -2.55. The number of pyridine rings is 1. The first-order valence-electron chi connectivity index (χ1n) is 15.4. The van der Waals surface area contributed by atoms with Gasteiger partial charge in [-0.1, -0.05) is 70.5 Å². The summed E-state index contributed by atoms with van der Waals surface area (Å²) in [6.45, 7) is -0.185. The molecular formula is C37H30BrF2N3O5S. The number of thioether (sulfide) groups is 1. The molecule has 5 aromatic rings. The number of methoxy groups -OCH3 is 1. The van der Waals surface area contributed by atoms with Crippen molar-refractivity contribution in [2.45, 2.75) is 36.4 Å². The Morgan fingerprint density at radius 1 is 0.980 bits per heavy atom. The Morgan fingerprint density at radius 3 is 2.53 bits per heavy atom. The van der Waals surface area contributed by atoms with Gasteiger partial charge in [0.15, 0.2) is 23.1 Å². The summed E-state index contributed by atoms with van der Waals surface area (Å²) in [7, 11) is 1.41. The zero-order chi connectivity index (χ0) is 34.2. The predicted molar refractivity (Wildman–Crippen MR) is 185 cm³/mol. The third kappa shape index (κ3) is 6.09. The van der Waals surface area contributed by atoms with E-state index in [1.165, 1.54) is 31.1 Å². The highest BCUT2D eigenvalue weighted by atomic mass is 79.9. The average Bonchev–Trinajstić information content (AvgIpc) is 3.28. The quantitative estimate of drug-likeness (QED) is 0.185. The summed E-state index contributed by atoms with van der Waals surface area (Å²) >= 11 is 4.88. The minimum absolute atomic E-state index is 0.0206. The van der Waals surface area contributed by atoms with Gasteiger partial charge in [-0.2, -0.15) is 0 Å². The molecule has 0 spiro atoms. The number of ether oxygens (including phenoxy) is 2. The fourth-order valence-corrected chi connectivity index (χ4v) is 7.92. The molecule has 0 aliphatic carbocycles. The molecule has 1 aromatic heterocycles. The van der Waals surface area contributed by atoms with Crippen molar-refractivity contribution in [1.82, 2.24) is 9.58 Å². The molecule has 1 amide bonds. The Balaban J connectivity index is 1.46. The van der Waals surface area contributed by atoms with Gasteiger partial charge in [0.2, 0.25) is 5.43 Å². The molecule has 0 radical (unpaired) electrons. The number of halogens is 3. The number of amides is 1. The normalized spacial score (nSPS) is 15.3. The van der Waals surface area contributed by atoms with Gasteiger partial charge in [-0.05, 0) is 40.5 Å². The number of carbonyl (C=O) groups excluding carboxylic acids is 1. The minimum Gasteiger partial charge on any atom is -0.496 e. The molecule has 1 atom stereocenters. The van der Waals surface area contributed by atoms with Crippen LogP contribution in [0.15, 0.2) is 105 Å². The van der Waals surface area contributed by atoms with Gasteiger partial charge >= 0.3 is 0 Å². The van der Waals surface area contributed by atoms with Crippen LogP contribution in [0.2, 0.25) is 0 Å². The van der Waals surface area contributed by atoms with E-state index >= 15 is 4.39 Å². The minimum atomic E-state index is -1.02. The Labute approximate surface area is 293 Å². The smallest absolute Gasteiger partial charge is 0.278 e.